The Hall–Kier alpha value is -0.950. The summed E-state index contributed by atoms with van der Waals surface area (Å²) >= 11 is 0. The van der Waals surface area contributed by atoms with E-state index in [1.807, 2.05) is 18.2 Å². The normalized spacial score (nSPS) is 28.2. The zero-order chi connectivity index (χ0) is 17.9. The largest absolute Gasteiger partial charge is 0.395 e. The highest BCUT2D eigenvalue weighted by atomic mass is 32.2. The maximum Gasteiger partial charge on any atom is 0.211 e. The van der Waals surface area contributed by atoms with Crippen LogP contribution in [0, 0.1) is 5.92 Å². The van der Waals surface area contributed by atoms with Crippen LogP contribution in [-0.4, -0.2) is 56.0 Å². The Morgan fingerprint density at radius 1 is 1.16 bits per heavy atom. The van der Waals surface area contributed by atoms with Gasteiger partial charge in [-0.15, -0.1) is 0 Å². The summed E-state index contributed by atoms with van der Waals surface area (Å²) in [6, 6.07) is 10.4. The lowest BCUT2D eigenvalue weighted by Gasteiger charge is -2.56. The van der Waals surface area contributed by atoms with Crippen molar-refractivity contribution in [3.63, 3.8) is 0 Å². The number of sulfonamides is 1. The second-order valence-electron chi connectivity index (χ2n) is 7.35. The minimum atomic E-state index is -3.21. The Morgan fingerprint density at radius 2 is 1.84 bits per heavy atom. The molecule has 0 radical (unpaired) electrons. The minimum Gasteiger partial charge on any atom is -0.395 e. The van der Waals surface area contributed by atoms with E-state index in [1.165, 1.54) is 31.2 Å². The summed E-state index contributed by atoms with van der Waals surface area (Å²) in [5.74, 6) is 0.949. The summed E-state index contributed by atoms with van der Waals surface area (Å²) in [6.07, 6.45) is 5.07. The molecule has 0 spiro atoms. The lowest BCUT2D eigenvalue weighted by atomic mass is 9.74. The smallest absolute Gasteiger partial charge is 0.211 e. The predicted octanol–water partition coefficient (Wildman–Crippen LogP) is 1.94. The molecular weight excluding hydrogens is 336 g/mol. The van der Waals surface area contributed by atoms with E-state index >= 15 is 0 Å². The molecule has 2 N–H and O–H groups in total. The van der Waals surface area contributed by atoms with Gasteiger partial charge in [-0.3, -0.25) is 4.90 Å². The second kappa shape index (κ2) is 8.16. The molecule has 1 saturated carbocycles. The number of aliphatic hydroxyl groups excluding tert-OH is 1. The molecule has 1 aromatic rings. The topological polar surface area (TPSA) is 69.6 Å². The number of likely N-dealkylation sites (tertiary alicyclic amines) is 1. The van der Waals surface area contributed by atoms with Gasteiger partial charge in [-0.25, -0.2) is 13.1 Å². The van der Waals surface area contributed by atoms with Crippen LogP contribution in [0.4, 0.5) is 0 Å². The molecule has 140 valence electrons. The van der Waals surface area contributed by atoms with Gasteiger partial charge in [-0.2, -0.15) is 0 Å². The van der Waals surface area contributed by atoms with Crippen molar-refractivity contribution in [2.75, 3.05) is 25.4 Å². The number of benzene rings is 1. The summed E-state index contributed by atoms with van der Waals surface area (Å²) in [5, 5.41) is 9.97. The molecular formula is C19H30N2O3S. The molecule has 0 unspecified atom stereocenters. The lowest BCUT2D eigenvalue weighted by Crippen LogP contribution is -2.67. The Balaban J connectivity index is 1.77. The molecule has 3 rings (SSSR count). The first kappa shape index (κ1) is 18.8. The summed E-state index contributed by atoms with van der Waals surface area (Å²) in [5.41, 5.74) is 1.19. The molecule has 6 heteroatoms. The molecule has 1 aliphatic heterocycles. The third kappa shape index (κ3) is 4.25. The van der Waals surface area contributed by atoms with Gasteiger partial charge in [0, 0.05) is 31.1 Å². The van der Waals surface area contributed by atoms with E-state index in [1.54, 1.807) is 6.92 Å². The highest BCUT2D eigenvalue weighted by Gasteiger charge is 2.49. The predicted molar refractivity (Wildman–Crippen MR) is 100.0 cm³/mol. The van der Waals surface area contributed by atoms with Gasteiger partial charge in [0.1, 0.15) is 0 Å². The molecule has 5 nitrogen and oxygen atoms in total. The molecule has 1 aliphatic carbocycles. The van der Waals surface area contributed by atoms with Crippen LogP contribution in [0.3, 0.4) is 0 Å². The maximum absolute atomic E-state index is 11.9. The fraction of sp³-hybridized carbons (Fsp3) is 0.684. The molecule has 2 aliphatic rings. The first-order valence-corrected chi connectivity index (χ1v) is 11.1. The van der Waals surface area contributed by atoms with Crippen LogP contribution in [0.25, 0.3) is 0 Å². The quantitative estimate of drug-likeness (QED) is 0.738. The number of nitrogens with zero attached hydrogens (tertiary/aromatic N) is 1. The van der Waals surface area contributed by atoms with Crippen LogP contribution in [0.1, 0.15) is 44.1 Å². The van der Waals surface area contributed by atoms with Crippen molar-refractivity contribution in [3.8, 4) is 0 Å². The Bertz CT molecular complexity index is 644. The van der Waals surface area contributed by atoms with Crippen LogP contribution in [0.2, 0.25) is 0 Å². The first-order valence-electron chi connectivity index (χ1n) is 9.44. The van der Waals surface area contributed by atoms with Gasteiger partial charge < -0.3 is 5.11 Å². The average molecular weight is 367 g/mol. The summed E-state index contributed by atoms with van der Waals surface area (Å²) in [4.78, 5) is 2.34. The summed E-state index contributed by atoms with van der Waals surface area (Å²) in [6.45, 7) is 3.15. The van der Waals surface area contributed by atoms with Crippen molar-refractivity contribution < 1.29 is 13.5 Å². The summed E-state index contributed by atoms with van der Waals surface area (Å²) < 4.78 is 26.6. The van der Waals surface area contributed by atoms with E-state index in [2.05, 4.69) is 21.8 Å². The molecule has 0 amide bonds. The van der Waals surface area contributed by atoms with Crippen molar-refractivity contribution in [2.24, 2.45) is 5.92 Å². The number of aliphatic hydroxyl groups is 1. The Kier molecular flexibility index (Phi) is 6.15. The van der Waals surface area contributed by atoms with E-state index in [0.717, 1.165) is 6.54 Å². The van der Waals surface area contributed by atoms with Gasteiger partial charge in [-0.1, -0.05) is 43.2 Å². The molecule has 25 heavy (non-hydrogen) atoms. The number of nitrogens with one attached hydrogen (secondary N) is 1. The van der Waals surface area contributed by atoms with Crippen molar-refractivity contribution >= 4 is 10.0 Å². The van der Waals surface area contributed by atoms with E-state index in [-0.39, 0.29) is 30.4 Å². The lowest BCUT2D eigenvalue weighted by molar-refractivity contribution is -0.0495. The number of rotatable bonds is 8. The highest BCUT2D eigenvalue weighted by Crippen LogP contribution is 2.42. The van der Waals surface area contributed by atoms with Gasteiger partial charge in [0.05, 0.1) is 12.4 Å². The Labute approximate surface area is 151 Å². The third-order valence-corrected chi connectivity index (χ3v) is 7.26. The van der Waals surface area contributed by atoms with E-state index in [9.17, 15) is 13.5 Å². The number of hydrogen-bond donors (Lipinski definition) is 2. The average Bonchev–Trinajstić information content (AvgIpc) is 3.12. The minimum absolute atomic E-state index is 0.0825. The van der Waals surface area contributed by atoms with Crippen molar-refractivity contribution in [1.29, 1.82) is 0 Å². The van der Waals surface area contributed by atoms with Gasteiger partial charge >= 0.3 is 0 Å². The molecule has 1 saturated heterocycles. The van der Waals surface area contributed by atoms with E-state index < -0.39 is 10.0 Å². The summed E-state index contributed by atoms with van der Waals surface area (Å²) in [7, 11) is -3.21. The molecule has 0 bridgehead atoms. The van der Waals surface area contributed by atoms with Crippen molar-refractivity contribution in [3.05, 3.63) is 35.9 Å². The maximum atomic E-state index is 11.9. The second-order valence-corrected chi connectivity index (χ2v) is 9.45. The molecule has 3 atom stereocenters. The molecule has 0 aromatic heterocycles. The third-order valence-electron chi connectivity index (χ3n) is 5.89. The van der Waals surface area contributed by atoms with E-state index in [4.69, 9.17) is 0 Å². The monoisotopic (exact) mass is 366 g/mol. The first-order chi connectivity index (χ1) is 12.1. The fourth-order valence-corrected chi connectivity index (χ4v) is 5.10. The van der Waals surface area contributed by atoms with Crippen molar-refractivity contribution in [1.82, 2.24) is 9.62 Å². The van der Waals surface area contributed by atoms with Crippen LogP contribution in [-0.2, 0) is 10.0 Å². The molecule has 1 heterocycles. The highest BCUT2D eigenvalue weighted by molar-refractivity contribution is 7.89. The zero-order valence-electron chi connectivity index (χ0n) is 15.0. The SMILES string of the molecule is CCS(=O)(=O)NC[C@@H]1[C@@H](c2ccccc2)[C@@H](CO)N1CC1CCCC1. The fourth-order valence-electron chi connectivity index (χ4n) is 4.47. The molecule has 1 aromatic carbocycles. The zero-order valence-corrected chi connectivity index (χ0v) is 15.8. The van der Waals surface area contributed by atoms with Gasteiger partial charge in [0.25, 0.3) is 0 Å². The van der Waals surface area contributed by atoms with Gasteiger partial charge in [-0.05, 0) is 31.2 Å². The van der Waals surface area contributed by atoms with Crippen LogP contribution in [0.5, 0.6) is 0 Å². The van der Waals surface area contributed by atoms with Crippen LogP contribution < -0.4 is 4.72 Å². The number of hydrogen-bond acceptors (Lipinski definition) is 4. The van der Waals surface area contributed by atoms with Crippen molar-refractivity contribution in [2.45, 2.75) is 50.6 Å². The van der Waals surface area contributed by atoms with E-state index in [0.29, 0.717) is 12.5 Å². The van der Waals surface area contributed by atoms with Gasteiger partial charge in [0.2, 0.25) is 10.0 Å². The standard InChI is InChI=1S/C19H30N2O3S/c1-2-25(23,24)20-12-17-19(16-10-4-3-5-11-16)18(14-22)21(17)13-15-8-6-7-9-15/h3-5,10-11,15,17-20,22H,2,6-9,12-14H2,1H3/t17-,18-,19-/m1/s1. The van der Waals surface area contributed by atoms with Crippen LogP contribution >= 0.6 is 0 Å². The Morgan fingerprint density at radius 3 is 2.44 bits per heavy atom. The van der Waals surface area contributed by atoms with Crippen LogP contribution in [0.15, 0.2) is 30.3 Å². The van der Waals surface area contributed by atoms with Gasteiger partial charge in [0.15, 0.2) is 0 Å². The molecule has 2 fully saturated rings.